The average molecular weight is 165 g/mol. The van der Waals surface area contributed by atoms with Crippen LogP contribution in [0.1, 0.15) is 13.3 Å². The third kappa shape index (κ3) is 12.4. The summed E-state index contributed by atoms with van der Waals surface area (Å²) < 4.78 is 9.17. The molecule has 0 aliphatic rings. The number of hydrogen-bond acceptors (Lipinski definition) is 4. The van der Waals surface area contributed by atoms with Gasteiger partial charge in [-0.05, 0) is 6.92 Å². The Hall–Kier alpha value is -0.810. The predicted molar refractivity (Wildman–Crippen MR) is 40.1 cm³/mol. The molecule has 0 radical (unpaired) electrons. The SMILES string of the molecule is CCOCCCOC(=O)O.N. The molecule has 0 heterocycles. The van der Waals surface area contributed by atoms with Gasteiger partial charge in [0.05, 0.1) is 6.61 Å². The highest BCUT2D eigenvalue weighted by Crippen LogP contribution is 1.84. The molecule has 0 rings (SSSR count). The van der Waals surface area contributed by atoms with E-state index in [0.29, 0.717) is 19.6 Å². The molecule has 0 bridgehead atoms. The van der Waals surface area contributed by atoms with Crippen molar-refractivity contribution in [3.05, 3.63) is 0 Å². The average Bonchev–Trinajstić information content (AvgIpc) is 1.87. The quantitative estimate of drug-likeness (QED) is 0.472. The van der Waals surface area contributed by atoms with Crippen LogP contribution in [0.2, 0.25) is 0 Å². The van der Waals surface area contributed by atoms with Crippen molar-refractivity contribution in [3.8, 4) is 0 Å². The summed E-state index contributed by atoms with van der Waals surface area (Å²) in [6.45, 7) is 3.32. The van der Waals surface area contributed by atoms with E-state index < -0.39 is 6.16 Å². The van der Waals surface area contributed by atoms with Gasteiger partial charge in [0.25, 0.3) is 0 Å². The van der Waals surface area contributed by atoms with Crippen molar-refractivity contribution >= 4 is 6.16 Å². The standard InChI is InChI=1S/C6H12O4.H3N/c1-2-9-4-3-5-10-6(7)8;/h2-5H2,1H3,(H,7,8);1H3. The minimum atomic E-state index is -1.23. The van der Waals surface area contributed by atoms with E-state index >= 15 is 0 Å². The van der Waals surface area contributed by atoms with Crippen LogP contribution in [0.4, 0.5) is 4.79 Å². The molecular weight excluding hydrogens is 150 g/mol. The fraction of sp³-hybridized carbons (Fsp3) is 0.833. The summed E-state index contributed by atoms with van der Waals surface area (Å²) in [7, 11) is 0. The van der Waals surface area contributed by atoms with Crippen LogP contribution in [0.5, 0.6) is 0 Å². The highest BCUT2D eigenvalue weighted by molar-refractivity contribution is 5.56. The van der Waals surface area contributed by atoms with E-state index in [0.717, 1.165) is 0 Å². The van der Waals surface area contributed by atoms with E-state index in [9.17, 15) is 4.79 Å². The molecule has 0 saturated heterocycles. The third-order valence-corrected chi connectivity index (χ3v) is 0.863. The van der Waals surface area contributed by atoms with Crippen LogP contribution in [0, 0.1) is 0 Å². The van der Waals surface area contributed by atoms with Crippen molar-refractivity contribution in [1.82, 2.24) is 6.15 Å². The molecule has 0 aliphatic carbocycles. The smallest absolute Gasteiger partial charge is 0.450 e. The Balaban J connectivity index is 0. The normalized spacial score (nSPS) is 8.45. The minimum Gasteiger partial charge on any atom is -0.450 e. The van der Waals surface area contributed by atoms with Gasteiger partial charge in [-0.15, -0.1) is 0 Å². The third-order valence-electron chi connectivity index (χ3n) is 0.863. The number of ether oxygens (including phenoxy) is 2. The van der Waals surface area contributed by atoms with Crippen molar-refractivity contribution in [1.29, 1.82) is 0 Å². The molecule has 68 valence electrons. The molecular formula is C6H15NO4. The summed E-state index contributed by atoms with van der Waals surface area (Å²) in [6.07, 6.45) is -0.600. The topological polar surface area (TPSA) is 90.8 Å². The van der Waals surface area contributed by atoms with E-state index in [-0.39, 0.29) is 12.8 Å². The highest BCUT2D eigenvalue weighted by Gasteiger charge is 1.93. The van der Waals surface area contributed by atoms with Gasteiger partial charge in [0, 0.05) is 19.6 Å². The molecule has 0 amide bonds. The Bertz CT molecular complexity index is 96.6. The molecule has 0 aromatic rings. The Labute approximate surface area is 65.9 Å². The van der Waals surface area contributed by atoms with Crippen molar-refractivity contribution in [2.75, 3.05) is 19.8 Å². The number of carbonyl (C=O) groups is 1. The van der Waals surface area contributed by atoms with Crippen molar-refractivity contribution in [2.45, 2.75) is 13.3 Å². The van der Waals surface area contributed by atoms with Crippen molar-refractivity contribution in [2.24, 2.45) is 0 Å². The van der Waals surface area contributed by atoms with Gasteiger partial charge >= 0.3 is 6.16 Å². The summed E-state index contributed by atoms with van der Waals surface area (Å²) in [5.41, 5.74) is 0. The molecule has 4 N–H and O–H groups in total. The van der Waals surface area contributed by atoms with Crippen LogP contribution in [0.3, 0.4) is 0 Å². The Morgan fingerprint density at radius 2 is 2.09 bits per heavy atom. The highest BCUT2D eigenvalue weighted by atomic mass is 16.7. The molecule has 0 aliphatic heterocycles. The van der Waals surface area contributed by atoms with Crippen LogP contribution in [0.25, 0.3) is 0 Å². The summed E-state index contributed by atoms with van der Waals surface area (Å²) in [4.78, 5) is 9.77. The van der Waals surface area contributed by atoms with Crippen LogP contribution in [-0.2, 0) is 9.47 Å². The predicted octanol–water partition coefficient (Wildman–Crippen LogP) is 1.27. The fourth-order valence-electron chi connectivity index (χ4n) is 0.465. The second kappa shape index (κ2) is 9.19. The Kier molecular flexibility index (Phi) is 10.7. The monoisotopic (exact) mass is 165 g/mol. The Morgan fingerprint density at radius 3 is 2.55 bits per heavy atom. The Morgan fingerprint density at radius 1 is 1.45 bits per heavy atom. The van der Waals surface area contributed by atoms with E-state index in [1.165, 1.54) is 0 Å². The number of rotatable bonds is 5. The first-order valence-corrected chi connectivity index (χ1v) is 3.20. The van der Waals surface area contributed by atoms with Crippen LogP contribution in [-0.4, -0.2) is 31.1 Å². The van der Waals surface area contributed by atoms with Gasteiger partial charge in [0.2, 0.25) is 0 Å². The molecule has 0 saturated carbocycles. The molecule has 0 fully saturated rings. The summed E-state index contributed by atoms with van der Waals surface area (Å²) in [5.74, 6) is 0. The van der Waals surface area contributed by atoms with E-state index in [1.54, 1.807) is 0 Å². The second-order valence-corrected chi connectivity index (χ2v) is 1.66. The second-order valence-electron chi connectivity index (χ2n) is 1.66. The molecule has 5 heteroatoms. The van der Waals surface area contributed by atoms with Gasteiger partial charge in [0.1, 0.15) is 0 Å². The fourth-order valence-corrected chi connectivity index (χ4v) is 0.465. The number of hydrogen-bond donors (Lipinski definition) is 2. The lowest BCUT2D eigenvalue weighted by Crippen LogP contribution is -2.04. The lowest BCUT2D eigenvalue weighted by Gasteiger charge is -1.99. The molecule has 0 aromatic heterocycles. The first-order chi connectivity index (χ1) is 4.77. The summed E-state index contributed by atoms with van der Waals surface area (Å²) >= 11 is 0. The van der Waals surface area contributed by atoms with Crippen molar-refractivity contribution in [3.63, 3.8) is 0 Å². The molecule has 0 aromatic carbocycles. The van der Waals surface area contributed by atoms with Gasteiger partial charge in [0.15, 0.2) is 0 Å². The lowest BCUT2D eigenvalue weighted by atomic mass is 10.5. The van der Waals surface area contributed by atoms with Gasteiger partial charge in [-0.1, -0.05) is 0 Å². The van der Waals surface area contributed by atoms with Gasteiger partial charge in [-0.3, -0.25) is 0 Å². The molecule has 0 atom stereocenters. The molecule has 0 spiro atoms. The maximum absolute atomic E-state index is 9.77. The maximum Gasteiger partial charge on any atom is 0.505 e. The van der Waals surface area contributed by atoms with Gasteiger partial charge < -0.3 is 20.7 Å². The first kappa shape index (κ1) is 12.8. The van der Waals surface area contributed by atoms with Crippen LogP contribution >= 0.6 is 0 Å². The van der Waals surface area contributed by atoms with E-state index in [2.05, 4.69) is 4.74 Å². The maximum atomic E-state index is 9.77. The van der Waals surface area contributed by atoms with Gasteiger partial charge in [-0.25, -0.2) is 4.79 Å². The van der Waals surface area contributed by atoms with E-state index in [1.807, 2.05) is 6.92 Å². The molecule has 11 heavy (non-hydrogen) atoms. The zero-order valence-electron chi connectivity index (χ0n) is 6.71. The first-order valence-electron chi connectivity index (χ1n) is 3.20. The largest absolute Gasteiger partial charge is 0.505 e. The summed E-state index contributed by atoms with van der Waals surface area (Å²) in [5, 5.41) is 8.01. The van der Waals surface area contributed by atoms with E-state index in [4.69, 9.17) is 9.84 Å². The van der Waals surface area contributed by atoms with Gasteiger partial charge in [-0.2, -0.15) is 0 Å². The molecule has 0 unspecified atom stereocenters. The number of carboxylic acid groups (broad SMARTS) is 1. The lowest BCUT2D eigenvalue weighted by molar-refractivity contribution is 0.0750. The van der Waals surface area contributed by atoms with Crippen LogP contribution < -0.4 is 6.15 Å². The molecule has 5 nitrogen and oxygen atoms in total. The zero-order valence-corrected chi connectivity index (χ0v) is 6.71. The van der Waals surface area contributed by atoms with Crippen LogP contribution in [0.15, 0.2) is 0 Å². The zero-order chi connectivity index (χ0) is 7.82. The minimum absolute atomic E-state index is 0. The van der Waals surface area contributed by atoms with Crippen molar-refractivity contribution < 1.29 is 19.4 Å². The summed E-state index contributed by atoms with van der Waals surface area (Å²) in [6, 6.07) is 0.